The van der Waals surface area contributed by atoms with Crippen LogP contribution >= 0.6 is 0 Å². The van der Waals surface area contributed by atoms with E-state index in [4.69, 9.17) is 4.74 Å². The quantitative estimate of drug-likeness (QED) is 0.585. The molecule has 0 N–H and O–H groups in total. The number of allylic oxidation sites excluding steroid dienone is 4. The van der Waals surface area contributed by atoms with Gasteiger partial charge in [-0.1, -0.05) is 25.3 Å². The van der Waals surface area contributed by atoms with Gasteiger partial charge in [0, 0.05) is 12.0 Å². The zero-order valence-electron chi connectivity index (χ0n) is 6.76. The Labute approximate surface area is 67.4 Å². The molecule has 11 heavy (non-hydrogen) atoms. The SMILES string of the molecule is C=CC1=C(/C=C\C)CC(=C)O1. The van der Waals surface area contributed by atoms with Gasteiger partial charge in [-0.05, 0) is 13.0 Å². The zero-order chi connectivity index (χ0) is 8.27. The highest BCUT2D eigenvalue weighted by atomic mass is 16.5. The molecule has 0 aromatic carbocycles. The maximum absolute atomic E-state index is 5.29. The van der Waals surface area contributed by atoms with Crippen LogP contribution in [-0.4, -0.2) is 0 Å². The molecule has 1 heterocycles. The highest BCUT2D eigenvalue weighted by Crippen LogP contribution is 2.27. The van der Waals surface area contributed by atoms with E-state index in [2.05, 4.69) is 13.2 Å². The lowest BCUT2D eigenvalue weighted by Gasteiger charge is -1.95. The Morgan fingerprint density at radius 3 is 2.82 bits per heavy atom. The van der Waals surface area contributed by atoms with Crippen molar-refractivity contribution in [2.75, 3.05) is 0 Å². The van der Waals surface area contributed by atoms with Crippen molar-refractivity contribution >= 4 is 0 Å². The minimum atomic E-state index is 0.799. The Bertz CT molecular complexity index is 244. The first-order valence-corrected chi connectivity index (χ1v) is 3.62. The third kappa shape index (κ3) is 1.61. The van der Waals surface area contributed by atoms with Gasteiger partial charge in [0.25, 0.3) is 0 Å². The van der Waals surface area contributed by atoms with E-state index < -0.39 is 0 Å². The highest BCUT2D eigenvalue weighted by Gasteiger charge is 2.13. The summed E-state index contributed by atoms with van der Waals surface area (Å²) in [6, 6.07) is 0. The summed E-state index contributed by atoms with van der Waals surface area (Å²) in [5.41, 5.74) is 1.16. The van der Waals surface area contributed by atoms with Gasteiger partial charge in [-0.2, -0.15) is 0 Å². The molecule has 0 aliphatic carbocycles. The van der Waals surface area contributed by atoms with E-state index in [-0.39, 0.29) is 0 Å². The molecule has 1 nitrogen and oxygen atoms in total. The first-order chi connectivity index (χ1) is 5.27. The molecular weight excluding hydrogens is 136 g/mol. The van der Waals surface area contributed by atoms with Crippen LogP contribution in [0.2, 0.25) is 0 Å². The lowest BCUT2D eigenvalue weighted by molar-refractivity contribution is 0.340. The molecule has 0 unspecified atom stereocenters. The Balaban J connectivity index is 2.87. The Morgan fingerprint density at radius 2 is 2.27 bits per heavy atom. The second-order valence-electron chi connectivity index (χ2n) is 2.41. The first kappa shape index (κ1) is 7.86. The van der Waals surface area contributed by atoms with Crippen LogP contribution in [0.3, 0.4) is 0 Å². The average Bonchev–Trinajstić information content (AvgIpc) is 2.32. The van der Waals surface area contributed by atoms with E-state index in [0.29, 0.717) is 0 Å². The van der Waals surface area contributed by atoms with Crippen molar-refractivity contribution < 1.29 is 4.74 Å². The maximum atomic E-state index is 5.29. The molecule has 1 aliphatic rings. The van der Waals surface area contributed by atoms with Gasteiger partial charge in [0.15, 0.2) is 0 Å². The van der Waals surface area contributed by atoms with E-state index in [9.17, 15) is 0 Å². The first-order valence-electron chi connectivity index (χ1n) is 3.62. The molecule has 0 aromatic rings. The van der Waals surface area contributed by atoms with Crippen LogP contribution in [0.25, 0.3) is 0 Å². The number of hydrogen-bond donors (Lipinski definition) is 0. The molecule has 0 atom stereocenters. The molecule has 0 radical (unpaired) electrons. The van der Waals surface area contributed by atoms with Crippen molar-refractivity contribution in [2.45, 2.75) is 13.3 Å². The molecule has 0 saturated heterocycles. The van der Waals surface area contributed by atoms with Gasteiger partial charge in [0.1, 0.15) is 11.5 Å². The minimum absolute atomic E-state index is 0.799. The highest BCUT2D eigenvalue weighted by molar-refractivity contribution is 5.35. The fourth-order valence-corrected chi connectivity index (χ4v) is 1.07. The third-order valence-electron chi connectivity index (χ3n) is 1.51. The second kappa shape index (κ2) is 3.24. The van der Waals surface area contributed by atoms with Crippen LogP contribution in [0, 0.1) is 0 Å². The molecule has 0 aromatic heterocycles. The van der Waals surface area contributed by atoms with Gasteiger partial charge in [-0.25, -0.2) is 0 Å². The fraction of sp³-hybridized carbons (Fsp3) is 0.200. The molecule has 0 fully saturated rings. The van der Waals surface area contributed by atoms with E-state index >= 15 is 0 Å². The van der Waals surface area contributed by atoms with Crippen LogP contribution in [0.4, 0.5) is 0 Å². The second-order valence-corrected chi connectivity index (χ2v) is 2.41. The van der Waals surface area contributed by atoms with Gasteiger partial charge in [-0.3, -0.25) is 0 Å². The summed E-state index contributed by atoms with van der Waals surface area (Å²) in [4.78, 5) is 0. The van der Waals surface area contributed by atoms with Crippen molar-refractivity contribution in [3.05, 3.63) is 48.5 Å². The van der Waals surface area contributed by atoms with E-state index in [1.165, 1.54) is 0 Å². The third-order valence-corrected chi connectivity index (χ3v) is 1.51. The van der Waals surface area contributed by atoms with Gasteiger partial charge in [0.2, 0.25) is 0 Å². The normalized spacial score (nSPS) is 17.7. The molecular formula is C10H12O. The molecule has 1 rings (SSSR count). The number of ether oxygens (including phenoxy) is 1. The van der Waals surface area contributed by atoms with E-state index in [1.807, 2.05) is 19.1 Å². The Hall–Kier alpha value is -1.24. The van der Waals surface area contributed by atoms with E-state index in [1.54, 1.807) is 6.08 Å². The molecule has 0 spiro atoms. The largest absolute Gasteiger partial charge is 0.462 e. The maximum Gasteiger partial charge on any atom is 0.129 e. The summed E-state index contributed by atoms with van der Waals surface area (Å²) < 4.78 is 5.29. The molecule has 0 saturated carbocycles. The summed E-state index contributed by atoms with van der Waals surface area (Å²) in [5.74, 6) is 1.64. The van der Waals surface area contributed by atoms with Crippen molar-refractivity contribution in [1.29, 1.82) is 0 Å². The summed E-state index contributed by atoms with van der Waals surface area (Å²) in [7, 11) is 0. The summed E-state index contributed by atoms with van der Waals surface area (Å²) in [6.07, 6.45) is 6.54. The van der Waals surface area contributed by atoms with Gasteiger partial charge < -0.3 is 4.74 Å². The van der Waals surface area contributed by atoms with Crippen molar-refractivity contribution in [3.8, 4) is 0 Å². The van der Waals surface area contributed by atoms with E-state index in [0.717, 1.165) is 23.5 Å². The monoisotopic (exact) mass is 148 g/mol. The number of rotatable bonds is 2. The Kier molecular flexibility index (Phi) is 2.32. The van der Waals surface area contributed by atoms with Gasteiger partial charge in [0.05, 0.1) is 0 Å². The van der Waals surface area contributed by atoms with Crippen LogP contribution < -0.4 is 0 Å². The average molecular weight is 148 g/mol. The van der Waals surface area contributed by atoms with Crippen molar-refractivity contribution in [1.82, 2.24) is 0 Å². The molecule has 58 valence electrons. The molecule has 1 aliphatic heterocycles. The lowest BCUT2D eigenvalue weighted by Crippen LogP contribution is -1.76. The van der Waals surface area contributed by atoms with Crippen LogP contribution in [0.15, 0.2) is 48.5 Å². The van der Waals surface area contributed by atoms with Crippen LogP contribution in [-0.2, 0) is 4.74 Å². The fourth-order valence-electron chi connectivity index (χ4n) is 1.07. The summed E-state index contributed by atoms with van der Waals surface area (Å²) in [6.45, 7) is 9.37. The molecule has 0 amide bonds. The molecule has 0 bridgehead atoms. The van der Waals surface area contributed by atoms with Crippen molar-refractivity contribution in [3.63, 3.8) is 0 Å². The smallest absolute Gasteiger partial charge is 0.129 e. The predicted octanol–water partition coefficient (Wildman–Crippen LogP) is 2.94. The summed E-state index contributed by atoms with van der Waals surface area (Å²) in [5, 5.41) is 0. The predicted molar refractivity (Wildman–Crippen MR) is 46.9 cm³/mol. The van der Waals surface area contributed by atoms with Crippen LogP contribution in [0.1, 0.15) is 13.3 Å². The standard InChI is InChI=1S/C10H12O/c1-4-6-9-7-8(3)11-10(9)5-2/h4-6H,2-3,7H2,1H3/b6-4-. The van der Waals surface area contributed by atoms with Gasteiger partial charge >= 0.3 is 0 Å². The Morgan fingerprint density at radius 1 is 1.55 bits per heavy atom. The minimum Gasteiger partial charge on any atom is -0.462 e. The van der Waals surface area contributed by atoms with Crippen LogP contribution in [0.5, 0.6) is 0 Å². The lowest BCUT2D eigenvalue weighted by atomic mass is 10.1. The van der Waals surface area contributed by atoms with Gasteiger partial charge in [-0.15, -0.1) is 0 Å². The topological polar surface area (TPSA) is 9.23 Å². The zero-order valence-corrected chi connectivity index (χ0v) is 6.76. The summed E-state index contributed by atoms with van der Waals surface area (Å²) >= 11 is 0. The number of hydrogen-bond acceptors (Lipinski definition) is 1. The van der Waals surface area contributed by atoms with Crippen molar-refractivity contribution in [2.24, 2.45) is 0 Å². The molecule has 1 heteroatoms.